The molecule has 0 radical (unpaired) electrons. The van der Waals surface area contributed by atoms with Gasteiger partial charge in [-0.25, -0.2) is 0 Å². The molecule has 4 nitrogen and oxygen atoms in total. The average molecular weight is 351 g/mol. The lowest BCUT2D eigenvalue weighted by Crippen LogP contribution is -2.38. The van der Waals surface area contributed by atoms with E-state index in [9.17, 15) is 9.59 Å². The first-order valence-corrected chi connectivity index (χ1v) is 9.05. The Bertz CT molecular complexity index is 811. The summed E-state index contributed by atoms with van der Waals surface area (Å²) in [6.07, 6.45) is 1.32. The molecular formula is C22H25NO3. The number of benzene rings is 2. The van der Waals surface area contributed by atoms with Crippen LogP contribution >= 0.6 is 0 Å². The molecule has 1 unspecified atom stereocenters. The number of methoxy groups -OCH3 is 1. The van der Waals surface area contributed by atoms with E-state index in [2.05, 4.69) is 6.07 Å². The molecule has 0 spiro atoms. The van der Waals surface area contributed by atoms with Crippen LogP contribution in [0.3, 0.4) is 0 Å². The molecule has 0 N–H and O–H groups in total. The number of hydrogen-bond acceptors (Lipinski definition) is 3. The van der Waals surface area contributed by atoms with Gasteiger partial charge in [-0.3, -0.25) is 9.59 Å². The molecule has 0 aliphatic carbocycles. The van der Waals surface area contributed by atoms with Crippen LogP contribution in [0.25, 0.3) is 0 Å². The first kappa shape index (κ1) is 18.2. The summed E-state index contributed by atoms with van der Waals surface area (Å²) in [5, 5.41) is 0. The lowest BCUT2D eigenvalue weighted by Gasteiger charge is -2.35. The molecule has 2 aromatic rings. The van der Waals surface area contributed by atoms with Crippen LogP contribution < -0.4 is 4.74 Å². The van der Waals surface area contributed by atoms with E-state index < -0.39 is 0 Å². The quantitative estimate of drug-likeness (QED) is 0.762. The minimum absolute atomic E-state index is 0.0200. The molecule has 1 amide bonds. The van der Waals surface area contributed by atoms with Gasteiger partial charge in [0, 0.05) is 24.9 Å². The van der Waals surface area contributed by atoms with E-state index in [0.29, 0.717) is 12.1 Å². The standard InChI is InChI=1S/C22H25NO3/c1-15-4-6-17(7-5-15)21(24)10-11-22(25)23-13-12-18-14-19(26-3)8-9-20(18)16(23)2/h4-9,14,16H,10-13H2,1-3H3. The van der Waals surface area contributed by atoms with Gasteiger partial charge in [0.25, 0.3) is 0 Å². The third-order valence-electron chi connectivity index (χ3n) is 5.15. The Balaban J connectivity index is 1.63. The summed E-state index contributed by atoms with van der Waals surface area (Å²) in [4.78, 5) is 26.9. The zero-order chi connectivity index (χ0) is 18.7. The van der Waals surface area contributed by atoms with E-state index in [0.717, 1.165) is 23.3 Å². The number of rotatable bonds is 5. The van der Waals surface area contributed by atoms with E-state index in [1.807, 2.05) is 55.1 Å². The third-order valence-corrected chi connectivity index (χ3v) is 5.15. The number of carbonyl (C=O) groups excluding carboxylic acids is 2. The molecule has 0 saturated carbocycles. The normalized spacial score (nSPS) is 16.1. The minimum Gasteiger partial charge on any atom is -0.497 e. The Morgan fingerprint density at radius 2 is 1.85 bits per heavy atom. The Hall–Kier alpha value is -2.62. The number of aryl methyl sites for hydroxylation is 1. The fraction of sp³-hybridized carbons (Fsp3) is 0.364. The van der Waals surface area contributed by atoms with E-state index in [4.69, 9.17) is 4.74 Å². The first-order valence-electron chi connectivity index (χ1n) is 9.05. The Labute approximate surface area is 154 Å². The Kier molecular flexibility index (Phi) is 5.40. The molecule has 136 valence electrons. The summed E-state index contributed by atoms with van der Waals surface area (Å²) in [6, 6.07) is 13.5. The second kappa shape index (κ2) is 7.73. The molecular weight excluding hydrogens is 326 g/mol. The van der Waals surface area contributed by atoms with Gasteiger partial charge in [0.15, 0.2) is 5.78 Å². The van der Waals surface area contributed by atoms with E-state index in [1.165, 1.54) is 5.56 Å². The van der Waals surface area contributed by atoms with Crippen molar-refractivity contribution in [3.63, 3.8) is 0 Å². The summed E-state index contributed by atoms with van der Waals surface area (Å²) in [5.74, 6) is 0.909. The van der Waals surface area contributed by atoms with Crippen LogP contribution in [0.4, 0.5) is 0 Å². The molecule has 3 rings (SSSR count). The SMILES string of the molecule is COc1ccc2c(c1)CCN(C(=O)CCC(=O)c1ccc(C)cc1)C2C. The molecule has 0 bridgehead atoms. The van der Waals surface area contributed by atoms with Crippen LogP contribution in [0, 0.1) is 6.92 Å². The van der Waals surface area contributed by atoms with Crippen molar-refractivity contribution in [1.82, 2.24) is 4.90 Å². The number of ether oxygens (including phenoxy) is 1. The molecule has 2 aromatic carbocycles. The molecule has 0 saturated heterocycles. The topological polar surface area (TPSA) is 46.6 Å². The van der Waals surface area contributed by atoms with Crippen LogP contribution in [0.2, 0.25) is 0 Å². The van der Waals surface area contributed by atoms with Gasteiger partial charge in [-0.05, 0) is 43.5 Å². The van der Waals surface area contributed by atoms with Crippen molar-refractivity contribution in [2.24, 2.45) is 0 Å². The smallest absolute Gasteiger partial charge is 0.223 e. The monoisotopic (exact) mass is 351 g/mol. The number of nitrogens with zero attached hydrogens (tertiary/aromatic N) is 1. The van der Waals surface area contributed by atoms with Gasteiger partial charge in [-0.15, -0.1) is 0 Å². The number of ketones is 1. The summed E-state index contributed by atoms with van der Waals surface area (Å²) < 4.78 is 5.29. The van der Waals surface area contributed by atoms with Gasteiger partial charge < -0.3 is 9.64 Å². The summed E-state index contributed by atoms with van der Waals surface area (Å²) in [5.41, 5.74) is 4.19. The van der Waals surface area contributed by atoms with E-state index in [-0.39, 0.29) is 30.6 Å². The summed E-state index contributed by atoms with van der Waals surface area (Å²) >= 11 is 0. The zero-order valence-corrected chi connectivity index (χ0v) is 15.6. The molecule has 26 heavy (non-hydrogen) atoms. The maximum atomic E-state index is 12.7. The number of Topliss-reactive ketones (excluding diaryl/α,β-unsaturated/α-hetero) is 1. The molecule has 0 aromatic heterocycles. The summed E-state index contributed by atoms with van der Waals surface area (Å²) in [6.45, 7) is 4.71. The van der Waals surface area contributed by atoms with Crippen molar-refractivity contribution in [1.29, 1.82) is 0 Å². The molecule has 1 heterocycles. The van der Waals surface area contributed by atoms with Crippen molar-refractivity contribution >= 4 is 11.7 Å². The van der Waals surface area contributed by atoms with Gasteiger partial charge >= 0.3 is 0 Å². The first-order chi connectivity index (χ1) is 12.5. The fourth-order valence-corrected chi connectivity index (χ4v) is 3.52. The van der Waals surface area contributed by atoms with Crippen molar-refractivity contribution in [3.8, 4) is 5.75 Å². The van der Waals surface area contributed by atoms with E-state index >= 15 is 0 Å². The highest BCUT2D eigenvalue weighted by atomic mass is 16.5. The molecule has 1 aliphatic rings. The number of carbonyl (C=O) groups is 2. The van der Waals surface area contributed by atoms with Crippen molar-refractivity contribution in [3.05, 3.63) is 64.7 Å². The largest absolute Gasteiger partial charge is 0.497 e. The number of fused-ring (bicyclic) bond motifs is 1. The third kappa shape index (κ3) is 3.79. The maximum Gasteiger partial charge on any atom is 0.223 e. The fourth-order valence-electron chi connectivity index (χ4n) is 3.52. The number of amides is 1. The highest BCUT2D eigenvalue weighted by Gasteiger charge is 2.27. The van der Waals surface area contributed by atoms with Crippen LogP contribution in [0.5, 0.6) is 5.75 Å². The van der Waals surface area contributed by atoms with Crippen LogP contribution in [0.15, 0.2) is 42.5 Å². The predicted molar refractivity (Wildman–Crippen MR) is 102 cm³/mol. The lowest BCUT2D eigenvalue weighted by atomic mass is 9.92. The average Bonchev–Trinajstić information content (AvgIpc) is 2.66. The van der Waals surface area contributed by atoms with Crippen molar-refractivity contribution in [2.75, 3.05) is 13.7 Å². The second-order valence-corrected chi connectivity index (χ2v) is 6.87. The highest BCUT2D eigenvalue weighted by molar-refractivity contribution is 5.98. The molecule has 4 heteroatoms. The lowest BCUT2D eigenvalue weighted by molar-refractivity contribution is -0.133. The predicted octanol–water partition coefficient (Wildman–Crippen LogP) is 4.11. The second-order valence-electron chi connectivity index (χ2n) is 6.87. The Morgan fingerprint density at radius 3 is 2.54 bits per heavy atom. The highest BCUT2D eigenvalue weighted by Crippen LogP contribution is 2.32. The van der Waals surface area contributed by atoms with Crippen LogP contribution in [-0.4, -0.2) is 30.2 Å². The zero-order valence-electron chi connectivity index (χ0n) is 15.6. The van der Waals surface area contributed by atoms with Crippen molar-refractivity contribution < 1.29 is 14.3 Å². The van der Waals surface area contributed by atoms with Gasteiger partial charge in [-0.2, -0.15) is 0 Å². The molecule has 1 atom stereocenters. The maximum absolute atomic E-state index is 12.7. The van der Waals surface area contributed by atoms with E-state index in [1.54, 1.807) is 7.11 Å². The van der Waals surface area contributed by atoms with Gasteiger partial charge in [-0.1, -0.05) is 35.9 Å². The summed E-state index contributed by atoms with van der Waals surface area (Å²) in [7, 11) is 1.66. The van der Waals surface area contributed by atoms with Crippen LogP contribution in [0.1, 0.15) is 52.9 Å². The van der Waals surface area contributed by atoms with Gasteiger partial charge in [0.1, 0.15) is 5.75 Å². The Morgan fingerprint density at radius 1 is 1.12 bits per heavy atom. The van der Waals surface area contributed by atoms with Gasteiger partial charge in [0.2, 0.25) is 5.91 Å². The number of hydrogen-bond donors (Lipinski definition) is 0. The van der Waals surface area contributed by atoms with Crippen LogP contribution in [-0.2, 0) is 11.2 Å². The van der Waals surface area contributed by atoms with Crippen molar-refractivity contribution in [2.45, 2.75) is 39.2 Å². The minimum atomic E-state index is 0.0200. The molecule has 1 aliphatic heterocycles. The van der Waals surface area contributed by atoms with Gasteiger partial charge in [0.05, 0.1) is 13.2 Å². The molecule has 0 fully saturated rings.